The standard InChI is InChI=1S/C16H19N3O2/c1-3-12(2)10-16(21)18-11-13-4-6-14(7-5-13)19-15(20)8-9-17/h4-7,10H,3,8,11H2,1-2H3,(H,18,21)(H,19,20)/b12-10+. The number of nitrogens with one attached hydrogen (secondary N) is 2. The van der Waals surface area contributed by atoms with Crippen LogP contribution in [0.25, 0.3) is 0 Å². The van der Waals surface area contributed by atoms with Gasteiger partial charge in [-0.25, -0.2) is 0 Å². The van der Waals surface area contributed by atoms with Crippen molar-refractivity contribution in [1.82, 2.24) is 5.32 Å². The highest BCUT2D eigenvalue weighted by atomic mass is 16.2. The van der Waals surface area contributed by atoms with Crippen molar-refractivity contribution >= 4 is 17.5 Å². The predicted octanol–water partition coefficient (Wildman–Crippen LogP) is 2.51. The zero-order valence-corrected chi connectivity index (χ0v) is 12.3. The molecule has 2 N–H and O–H groups in total. The molecule has 0 aliphatic carbocycles. The van der Waals surface area contributed by atoms with E-state index in [2.05, 4.69) is 10.6 Å². The second-order valence-electron chi connectivity index (χ2n) is 4.64. The highest BCUT2D eigenvalue weighted by molar-refractivity contribution is 5.92. The molecule has 0 saturated carbocycles. The molecule has 21 heavy (non-hydrogen) atoms. The summed E-state index contributed by atoms with van der Waals surface area (Å²) in [4.78, 5) is 22.8. The molecule has 0 saturated heterocycles. The van der Waals surface area contributed by atoms with Crippen molar-refractivity contribution < 1.29 is 9.59 Å². The van der Waals surface area contributed by atoms with Gasteiger partial charge in [0.2, 0.25) is 11.8 Å². The van der Waals surface area contributed by atoms with Gasteiger partial charge in [-0.1, -0.05) is 24.6 Å². The molecule has 0 fully saturated rings. The molecule has 0 aromatic heterocycles. The maximum absolute atomic E-state index is 11.6. The first-order chi connectivity index (χ1) is 10.0. The van der Waals surface area contributed by atoms with Crippen molar-refractivity contribution in [1.29, 1.82) is 5.26 Å². The fourth-order valence-electron chi connectivity index (χ4n) is 1.55. The third kappa shape index (κ3) is 6.39. The van der Waals surface area contributed by atoms with Crippen LogP contribution >= 0.6 is 0 Å². The molecule has 0 spiro atoms. The quantitative estimate of drug-likeness (QED) is 0.788. The number of nitriles is 1. The van der Waals surface area contributed by atoms with Gasteiger partial charge in [0, 0.05) is 18.3 Å². The summed E-state index contributed by atoms with van der Waals surface area (Å²) in [5.74, 6) is -0.445. The number of carbonyl (C=O) groups excluding carboxylic acids is 2. The minimum absolute atomic E-state index is 0.110. The van der Waals surface area contributed by atoms with E-state index in [1.807, 2.05) is 26.0 Å². The second kappa shape index (κ2) is 8.54. The van der Waals surface area contributed by atoms with E-state index in [1.54, 1.807) is 24.3 Å². The van der Waals surface area contributed by atoms with Gasteiger partial charge in [-0.15, -0.1) is 0 Å². The van der Waals surface area contributed by atoms with Crippen molar-refractivity contribution in [3.8, 4) is 6.07 Å². The van der Waals surface area contributed by atoms with Gasteiger partial charge in [0.15, 0.2) is 0 Å². The number of nitrogens with zero attached hydrogens (tertiary/aromatic N) is 1. The Bertz CT molecular complexity index is 568. The van der Waals surface area contributed by atoms with Crippen molar-refractivity contribution in [2.75, 3.05) is 5.32 Å². The molecule has 2 amide bonds. The number of carbonyl (C=O) groups is 2. The van der Waals surface area contributed by atoms with Gasteiger partial charge in [-0.05, 0) is 31.0 Å². The summed E-state index contributed by atoms with van der Waals surface area (Å²) < 4.78 is 0. The number of hydrogen-bond acceptors (Lipinski definition) is 3. The Morgan fingerprint density at radius 1 is 1.29 bits per heavy atom. The van der Waals surface area contributed by atoms with E-state index in [0.717, 1.165) is 17.6 Å². The molecule has 1 aromatic rings. The lowest BCUT2D eigenvalue weighted by molar-refractivity contribution is -0.117. The predicted molar refractivity (Wildman–Crippen MR) is 81.2 cm³/mol. The molecule has 0 aliphatic rings. The highest BCUT2D eigenvalue weighted by Gasteiger charge is 2.02. The van der Waals surface area contributed by atoms with Crippen LogP contribution in [-0.2, 0) is 16.1 Å². The number of rotatable bonds is 6. The molecular weight excluding hydrogens is 266 g/mol. The van der Waals surface area contributed by atoms with Crippen LogP contribution in [0.15, 0.2) is 35.9 Å². The number of hydrogen-bond donors (Lipinski definition) is 2. The maximum Gasteiger partial charge on any atom is 0.244 e. The topological polar surface area (TPSA) is 82.0 Å². The average molecular weight is 285 g/mol. The molecule has 0 aliphatic heterocycles. The lowest BCUT2D eigenvalue weighted by Crippen LogP contribution is -2.20. The summed E-state index contributed by atoms with van der Waals surface area (Å²) in [7, 11) is 0. The van der Waals surface area contributed by atoms with Crippen LogP contribution in [0, 0.1) is 11.3 Å². The van der Waals surface area contributed by atoms with E-state index in [9.17, 15) is 9.59 Å². The SMILES string of the molecule is CC/C(C)=C/C(=O)NCc1ccc(NC(=O)CC#N)cc1. The van der Waals surface area contributed by atoms with Crippen LogP contribution in [0.3, 0.4) is 0 Å². The van der Waals surface area contributed by atoms with E-state index in [4.69, 9.17) is 5.26 Å². The monoisotopic (exact) mass is 285 g/mol. The van der Waals surface area contributed by atoms with E-state index in [0.29, 0.717) is 12.2 Å². The molecular formula is C16H19N3O2. The molecule has 0 unspecified atom stereocenters. The van der Waals surface area contributed by atoms with E-state index >= 15 is 0 Å². The van der Waals surface area contributed by atoms with Gasteiger partial charge in [0.25, 0.3) is 0 Å². The Morgan fingerprint density at radius 3 is 2.52 bits per heavy atom. The fourth-order valence-corrected chi connectivity index (χ4v) is 1.55. The van der Waals surface area contributed by atoms with Crippen LogP contribution in [0.4, 0.5) is 5.69 Å². The van der Waals surface area contributed by atoms with Crippen molar-refractivity contribution in [3.63, 3.8) is 0 Å². The van der Waals surface area contributed by atoms with Gasteiger partial charge in [-0.2, -0.15) is 5.26 Å². The Labute approximate surface area is 124 Å². The first kappa shape index (κ1) is 16.4. The Hall–Kier alpha value is -2.61. The van der Waals surface area contributed by atoms with Crippen molar-refractivity contribution in [2.45, 2.75) is 33.2 Å². The van der Waals surface area contributed by atoms with Crippen LogP contribution in [0.2, 0.25) is 0 Å². The summed E-state index contributed by atoms with van der Waals surface area (Å²) >= 11 is 0. The van der Waals surface area contributed by atoms with E-state index < -0.39 is 0 Å². The fraction of sp³-hybridized carbons (Fsp3) is 0.312. The van der Waals surface area contributed by atoms with Gasteiger partial charge in [-0.3, -0.25) is 9.59 Å². The third-order valence-corrected chi connectivity index (χ3v) is 2.88. The van der Waals surface area contributed by atoms with Gasteiger partial charge < -0.3 is 10.6 Å². The minimum atomic E-state index is -0.335. The zero-order chi connectivity index (χ0) is 15.7. The number of benzene rings is 1. The molecule has 0 radical (unpaired) electrons. The summed E-state index contributed by atoms with van der Waals surface area (Å²) in [5, 5.41) is 13.8. The molecule has 5 nitrogen and oxygen atoms in total. The molecule has 0 bridgehead atoms. The Morgan fingerprint density at radius 2 is 1.95 bits per heavy atom. The molecule has 1 rings (SSSR count). The van der Waals surface area contributed by atoms with Gasteiger partial charge in [0.05, 0.1) is 6.07 Å². The summed E-state index contributed by atoms with van der Waals surface area (Å²) in [6, 6.07) is 8.90. The van der Waals surface area contributed by atoms with Crippen LogP contribution < -0.4 is 10.6 Å². The maximum atomic E-state index is 11.6. The third-order valence-electron chi connectivity index (χ3n) is 2.88. The van der Waals surface area contributed by atoms with Crippen molar-refractivity contribution in [2.24, 2.45) is 0 Å². The number of anilines is 1. The van der Waals surface area contributed by atoms with Crippen LogP contribution in [-0.4, -0.2) is 11.8 Å². The molecule has 0 atom stereocenters. The molecule has 110 valence electrons. The lowest BCUT2D eigenvalue weighted by Gasteiger charge is -2.06. The van der Waals surface area contributed by atoms with Crippen molar-refractivity contribution in [3.05, 3.63) is 41.5 Å². The minimum Gasteiger partial charge on any atom is -0.348 e. The smallest absolute Gasteiger partial charge is 0.244 e. The van der Waals surface area contributed by atoms with Gasteiger partial charge in [0.1, 0.15) is 6.42 Å². The highest BCUT2D eigenvalue weighted by Crippen LogP contribution is 2.09. The largest absolute Gasteiger partial charge is 0.348 e. The Kier molecular flexibility index (Phi) is 6.69. The zero-order valence-electron chi connectivity index (χ0n) is 12.3. The number of allylic oxidation sites excluding steroid dienone is 1. The second-order valence-corrected chi connectivity index (χ2v) is 4.64. The first-order valence-corrected chi connectivity index (χ1v) is 6.76. The Balaban J connectivity index is 2.50. The summed E-state index contributed by atoms with van der Waals surface area (Å²) in [6.45, 7) is 4.34. The first-order valence-electron chi connectivity index (χ1n) is 6.76. The van der Waals surface area contributed by atoms with E-state index in [-0.39, 0.29) is 18.2 Å². The van der Waals surface area contributed by atoms with E-state index in [1.165, 1.54) is 0 Å². The molecule has 1 aromatic carbocycles. The molecule has 5 heteroatoms. The summed E-state index contributed by atoms with van der Waals surface area (Å²) in [5.41, 5.74) is 2.60. The van der Waals surface area contributed by atoms with Crippen LogP contribution in [0.1, 0.15) is 32.3 Å². The molecule has 0 heterocycles. The lowest BCUT2D eigenvalue weighted by atomic mass is 10.2. The summed E-state index contributed by atoms with van der Waals surface area (Å²) in [6.07, 6.45) is 2.28. The normalized spacial score (nSPS) is 10.6. The van der Waals surface area contributed by atoms with Gasteiger partial charge >= 0.3 is 0 Å². The van der Waals surface area contributed by atoms with Crippen LogP contribution in [0.5, 0.6) is 0 Å². The number of amides is 2. The average Bonchev–Trinajstić information content (AvgIpc) is 2.46.